The first-order chi connectivity index (χ1) is 14.5. The van der Waals surface area contributed by atoms with Crippen molar-refractivity contribution < 1.29 is 35.6 Å². The number of benzene rings is 1. The third-order valence-electron chi connectivity index (χ3n) is 4.68. The molecule has 5 nitrogen and oxygen atoms in total. The predicted octanol–water partition coefficient (Wildman–Crippen LogP) is 5.66. The number of aryl methyl sites for hydroxylation is 1. The lowest BCUT2D eigenvalue weighted by atomic mass is 10.0. The average molecular weight is 443 g/mol. The van der Waals surface area contributed by atoms with E-state index in [1.807, 2.05) is 0 Å². The minimum absolute atomic E-state index is 0.121. The van der Waals surface area contributed by atoms with Crippen LogP contribution in [0.15, 0.2) is 53.3 Å². The summed E-state index contributed by atoms with van der Waals surface area (Å²) in [5.41, 5.74) is -2.04. The first-order valence-electron chi connectivity index (χ1n) is 9.03. The third kappa shape index (κ3) is 4.25. The van der Waals surface area contributed by atoms with Crippen LogP contribution in [-0.2, 0) is 23.7 Å². The highest BCUT2D eigenvalue weighted by Crippen LogP contribution is 2.38. The molecule has 0 amide bonds. The van der Waals surface area contributed by atoms with E-state index in [9.17, 15) is 26.3 Å². The van der Waals surface area contributed by atoms with Gasteiger partial charge in [0.25, 0.3) is 0 Å². The van der Waals surface area contributed by atoms with Crippen molar-refractivity contribution in [3.63, 3.8) is 0 Å². The van der Waals surface area contributed by atoms with Gasteiger partial charge >= 0.3 is 12.4 Å². The minimum Gasteiger partial charge on any atom is -0.461 e. The largest absolute Gasteiger partial charge is 0.461 e. The second kappa shape index (κ2) is 7.40. The zero-order valence-electron chi connectivity index (χ0n) is 16.0. The van der Waals surface area contributed by atoms with Gasteiger partial charge in [-0.1, -0.05) is 6.07 Å². The van der Waals surface area contributed by atoms with Gasteiger partial charge in [0.2, 0.25) is 0 Å². The Hall–Kier alpha value is -3.37. The smallest absolute Gasteiger partial charge is 0.416 e. The zero-order chi connectivity index (χ0) is 22.4. The number of nitrogens with zero attached hydrogens (tertiary/aromatic N) is 3. The summed E-state index contributed by atoms with van der Waals surface area (Å²) in [7, 11) is 0. The number of aromatic nitrogens is 2. The van der Waals surface area contributed by atoms with E-state index in [2.05, 4.69) is 5.10 Å². The Labute approximate surface area is 172 Å². The van der Waals surface area contributed by atoms with E-state index in [0.717, 1.165) is 6.07 Å². The summed E-state index contributed by atoms with van der Waals surface area (Å²) in [6.07, 6.45) is -5.08. The van der Waals surface area contributed by atoms with Crippen LogP contribution in [0.1, 0.15) is 28.1 Å². The Kier molecular flexibility index (Phi) is 4.98. The summed E-state index contributed by atoms with van der Waals surface area (Å²) in [4.78, 5) is 5.71. The van der Waals surface area contributed by atoms with Gasteiger partial charge in [0.05, 0.1) is 42.4 Å². The number of alkyl halides is 6. The molecule has 0 radical (unpaired) electrons. The number of hydrogen-bond donors (Lipinski definition) is 0. The Morgan fingerprint density at radius 3 is 2.48 bits per heavy atom. The van der Waals surface area contributed by atoms with Gasteiger partial charge < -0.3 is 9.25 Å². The van der Waals surface area contributed by atoms with Gasteiger partial charge in [0.15, 0.2) is 11.5 Å². The Balaban J connectivity index is 1.58. The maximum Gasteiger partial charge on any atom is 0.416 e. The molecule has 11 heteroatoms. The standard InChI is InChI=1S/C20H15F6N3O2/c1-12-16(29-7-6-18(31-29)17-3-2-8-30-17)11-28(27-12)10-13-4-5-14(19(21,22)23)9-15(13)20(24,25)26/h2-6,8-9,11H,7,10H2,1H3. The highest BCUT2D eigenvalue weighted by Gasteiger charge is 2.38. The third-order valence-corrected chi connectivity index (χ3v) is 4.68. The summed E-state index contributed by atoms with van der Waals surface area (Å²) in [5.74, 6) is 1.01. The van der Waals surface area contributed by atoms with Crippen molar-refractivity contribution in [2.24, 2.45) is 0 Å². The van der Waals surface area contributed by atoms with E-state index in [-0.39, 0.29) is 18.2 Å². The number of anilines is 1. The molecule has 164 valence electrons. The Morgan fingerprint density at radius 1 is 1.06 bits per heavy atom. The van der Waals surface area contributed by atoms with Crippen LogP contribution >= 0.6 is 0 Å². The molecule has 0 atom stereocenters. The molecular formula is C20H15F6N3O2. The van der Waals surface area contributed by atoms with Crippen molar-refractivity contribution in [3.8, 4) is 0 Å². The maximum atomic E-state index is 13.4. The molecule has 0 saturated carbocycles. The normalized spacial score (nSPS) is 14.7. The fourth-order valence-corrected chi connectivity index (χ4v) is 3.23. The van der Waals surface area contributed by atoms with Crippen LogP contribution in [0.25, 0.3) is 5.76 Å². The Morgan fingerprint density at radius 2 is 1.84 bits per heavy atom. The van der Waals surface area contributed by atoms with Crippen LogP contribution < -0.4 is 5.06 Å². The van der Waals surface area contributed by atoms with Crippen molar-refractivity contribution in [3.05, 3.63) is 77.0 Å². The molecule has 3 aromatic rings. The van der Waals surface area contributed by atoms with Crippen molar-refractivity contribution in [1.82, 2.24) is 9.78 Å². The minimum atomic E-state index is -4.94. The molecule has 1 aliphatic rings. The van der Waals surface area contributed by atoms with Gasteiger partial charge in [0, 0.05) is 0 Å². The molecule has 31 heavy (non-hydrogen) atoms. The van der Waals surface area contributed by atoms with E-state index < -0.39 is 23.5 Å². The average Bonchev–Trinajstić information content (AvgIpc) is 3.40. The van der Waals surface area contributed by atoms with Crippen molar-refractivity contribution in [2.75, 3.05) is 11.6 Å². The van der Waals surface area contributed by atoms with Gasteiger partial charge in [-0.15, -0.1) is 0 Å². The van der Waals surface area contributed by atoms with E-state index in [1.165, 1.54) is 22.2 Å². The molecule has 1 aromatic carbocycles. The molecule has 0 fully saturated rings. The lowest BCUT2D eigenvalue weighted by molar-refractivity contribution is -0.143. The number of halogens is 6. The first kappa shape index (κ1) is 20.9. The summed E-state index contributed by atoms with van der Waals surface area (Å²) >= 11 is 0. The topological polar surface area (TPSA) is 43.4 Å². The molecule has 4 rings (SSSR count). The van der Waals surface area contributed by atoms with Crippen molar-refractivity contribution in [2.45, 2.75) is 25.8 Å². The van der Waals surface area contributed by atoms with Crippen LogP contribution in [0.2, 0.25) is 0 Å². The first-order valence-corrected chi connectivity index (χ1v) is 9.03. The number of rotatable bonds is 4. The van der Waals surface area contributed by atoms with Crippen LogP contribution in [0.3, 0.4) is 0 Å². The van der Waals surface area contributed by atoms with E-state index >= 15 is 0 Å². The summed E-state index contributed by atoms with van der Waals surface area (Å²) in [6.45, 7) is 1.65. The highest BCUT2D eigenvalue weighted by molar-refractivity contribution is 5.62. The number of hydrogen-bond acceptors (Lipinski definition) is 4. The van der Waals surface area contributed by atoms with Crippen LogP contribution in [-0.4, -0.2) is 16.3 Å². The second-order valence-electron chi connectivity index (χ2n) is 6.86. The zero-order valence-corrected chi connectivity index (χ0v) is 16.0. The fraction of sp³-hybridized carbons (Fsp3) is 0.250. The van der Waals surface area contributed by atoms with E-state index in [1.54, 1.807) is 25.1 Å². The molecule has 0 bridgehead atoms. The van der Waals surface area contributed by atoms with E-state index in [0.29, 0.717) is 35.5 Å². The van der Waals surface area contributed by atoms with Gasteiger partial charge in [0.1, 0.15) is 5.69 Å². The SMILES string of the molecule is Cc1nn(Cc2ccc(C(F)(F)F)cc2C(F)(F)F)cc1N1CC=C(c2ccco2)O1. The maximum absolute atomic E-state index is 13.4. The summed E-state index contributed by atoms with van der Waals surface area (Å²) in [6, 6.07) is 4.99. The molecule has 3 heterocycles. The molecule has 0 spiro atoms. The summed E-state index contributed by atoms with van der Waals surface area (Å²) in [5, 5.41) is 5.69. The molecule has 0 saturated heterocycles. The van der Waals surface area contributed by atoms with Crippen LogP contribution in [0.5, 0.6) is 0 Å². The number of furan rings is 1. The quantitative estimate of drug-likeness (QED) is 0.488. The second-order valence-corrected chi connectivity index (χ2v) is 6.86. The lowest BCUT2D eigenvalue weighted by Gasteiger charge is -2.17. The van der Waals surface area contributed by atoms with Crippen molar-refractivity contribution >= 4 is 11.4 Å². The highest BCUT2D eigenvalue weighted by atomic mass is 19.4. The van der Waals surface area contributed by atoms with Crippen molar-refractivity contribution in [1.29, 1.82) is 0 Å². The Bertz CT molecular complexity index is 1110. The van der Waals surface area contributed by atoms with Crippen LogP contribution in [0, 0.1) is 6.92 Å². The number of hydroxylamine groups is 1. The molecule has 0 unspecified atom stereocenters. The van der Waals surface area contributed by atoms with Gasteiger partial charge in [-0.3, -0.25) is 4.68 Å². The van der Waals surface area contributed by atoms with Gasteiger partial charge in [-0.05, 0) is 42.8 Å². The van der Waals surface area contributed by atoms with E-state index in [4.69, 9.17) is 9.25 Å². The summed E-state index contributed by atoms with van der Waals surface area (Å²) < 4.78 is 85.2. The molecular weight excluding hydrogens is 428 g/mol. The van der Waals surface area contributed by atoms with Crippen LogP contribution in [0.4, 0.5) is 32.0 Å². The molecule has 0 N–H and O–H groups in total. The van der Waals surface area contributed by atoms with Gasteiger partial charge in [-0.25, -0.2) is 5.06 Å². The predicted molar refractivity (Wildman–Crippen MR) is 97.6 cm³/mol. The lowest BCUT2D eigenvalue weighted by Crippen LogP contribution is -2.17. The molecule has 1 aliphatic heterocycles. The fourth-order valence-electron chi connectivity index (χ4n) is 3.23. The molecule has 2 aromatic heterocycles. The molecule has 0 aliphatic carbocycles. The van der Waals surface area contributed by atoms with Gasteiger partial charge in [-0.2, -0.15) is 31.4 Å². The monoisotopic (exact) mass is 443 g/mol.